The fourth-order valence-electron chi connectivity index (χ4n) is 5.03. The van der Waals surface area contributed by atoms with Gasteiger partial charge >= 0.3 is 11.9 Å². The van der Waals surface area contributed by atoms with E-state index in [0.29, 0.717) is 36.0 Å². The van der Waals surface area contributed by atoms with Gasteiger partial charge in [0.25, 0.3) is 5.88 Å². The van der Waals surface area contributed by atoms with Crippen LogP contribution in [0.3, 0.4) is 0 Å². The zero-order valence-electron chi connectivity index (χ0n) is 21.1. The number of hydrogen-bond acceptors (Lipinski definition) is 5. The molecule has 2 atom stereocenters. The van der Waals surface area contributed by atoms with E-state index in [4.69, 9.17) is 9.72 Å². The van der Waals surface area contributed by atoms with E-state index in [1.165, 1.54) is 0 Å². The Morgan fingerprint density at radius 2 is 2.00 bits per heavy atom. The van der Waals surface area contributed by atoms with E-state index >= 15 is 0 Å². The molecule has 0 aliphatic heterocycles. The molecular weight excluding hydrogens is 583 g/mol. The summed E-state index contributed by atoms with van der Waals surface area (Å²) >= 11 is 2.34. The van der Waals surface area contributed by atoms with E-state index in [-0.39, 0.29) is 12.0 Å². The number of ether oxygens (including phenoxy) is 1. The summed E-state index contributed by atoms with van der Waals surface area (Å²) < 4.78 is 9.09. The van der Waals surface area contributed by atoms with Crippen LogP contribution in [0.1, 0.15) is 62.5 Å². The number of rotatable bonds is 6. The number of carboxylic acids is 1. The van der Waals surface area contributed by atoms with Crippen molar-refractivity contribution >= 4 is 57.0 Å². The number of aryl methyl sites for hydroxylation is 2. The molecule has 1 N–H and O–H groups in total. The highest BCUT2D eigenvalue weighted by Crippen LogP contribution is 2.47. The number of pyridine rings is 1. The van der Waals surface area contributed by atoms with Gasteiger partial charge in [-0.1, -0.05) is 5.92 Å². The maximum absolute atomic E-state index is 13.4. The quantitative estimate of drug-likeness (QED) is 0.293. The lowest BCUT2D eigenvalue weighted by Gasteiger charge is -2.26. The zero-order valence-corrected chi connectivity index (χ0v) is 23.3. The summed E-state index contributed by atoms with van der Waals surface area (Å²) in [6.07, 6.45) is 4.61. The lowest BCUT2D eigenvalue weighted by atomic mass is 9.87. The van der Waals surface area contributed by atoms with Gasteiger partial charge in [-0.05, 0) is 122 Å². The van der Waals surface area contributed by atoms with Crippen molar-refractivity contribution in [1.29, 1.82) is 0 Å². The van der Waals surface area contributed by atoms with E-state index < -0.39 is 11.9 Å². The number of fused-ring (bicyclic) bond motifs is 1. The van der Waals surface area contributed by atoms with E-state index in [1.54, 1.807) is 16.5 Å². The van der Waals surface area contributed by atoms with E-state index in [1.807, 2.05) is 32.2 Å². The number of benzene rings is 1. The van der Waals surface area contributed by atoms with Crippen LogP contribution in [0.25, 0.3) is 11.0 Å². The van der Waals surface area contributed by atoms with Gasteiger partial charge in [0.05, 0.1) is 17.1 Å². The Morgan fingerprint density at radius 1 is 1.22 bits per heavy atom. The summed E-state index contributed by atoms with van der Waals surface area (Å²) in [5.41, 5.74) is 4.32. The molecule has 3 aromatic rings. The average Bonchev–Trinajstić information content (AvgIpc) is 3.67. The number of anilines is 2. The van der Waals surface area contributed by atoms with Gasteiger partial charge < -0.3 is 9.84 Å². The molecule has 2 heterocycles. The van der Waals surface area contributed by atoms with Crippen molar-refractivity contribution in [2.45, 2.75) is 64.4 Å². The first-order valence-electron chi connectivity index (χ1n) is 12.6. The number of halogens is 1. The fraction of sp³-hybridized carbons (Fsp3) is 0.429. The normalized spacial score (nSPS) is 19.2. The van der Waals surface area contributed by atoms with Crippen LogP contribution in [0.5, 0.6) is 5.88 Å². The third kappa shape index (κ3) is 5.17. The van der Waals surface area contributed by atoms with Crippen molar-refractivity contribution in [2.75, 3.05) is 4.90 Å². The standard InChI is InChI=1S/C28H29IN4O4/c1-4-6-25(34)33(23-13-16(2)21(29)15-20(23)17-9-10-17)24-12-11-22-26(30-24)27(31-32(22)3)37-19-8-5-7-18(14-19)28(35)36/h11-13,15,17-19H,5,7-10,14H2,1-3H3,(H,35,36). The third-order valence-corrected chi connectivity index (χ3v) is 8.30. The number of hydrogen-bond donors (Lipinski definition) is 1. The molecule has 2 aromatic heterocycles. The Kier molecular flexibility index (Phi) is 7.12. The van der Waals surface area contributed by atoms with E-state index in [9.17, 15) is 14.7 Å². The number of carbonyl (C=O) groups excluding carboxylic acids is 1. The predicted molar refractivity (Wildman–Crippen MR) is 149 cm³/mol. The van der Waals surface area contributed by atoms with Gasteiger partial charge in [-0.2, -0.15) is 0 Å². The lowest BCUT2D eigenvalue weighted by molar-refractivity contribution is -0.143. The summed E-state index contributed by atoms with van der Waals surface area (Å²) in [4.78, 5) is 31.4. The minimum Gasteiger partial charge on any atom is -0.481 e. The van der Waals surface area contributed by atoms with Crippen LogP contribution >= 0.6 is 22.6 Å². The molecule has 192 valence electrons. The topological polar surface area (TPSA) is 97.6 Å². The highest BCUT2D eigenvalue weighted by atomic mass is 127. The van der Waals surface area contributed by atoms with Gasteiger partial charge in [0.15, 0.2) is 5.52 Å². The Morgan fingerprint density at radius 3 is 2.70 bits per heavy atom. The van der Waals surface area contributed by atoms with Gasteiger partial charge in [0, 0.05) is 10.6 Å². The monoisotopic (exact) mass is 612 g/mol. The molecule has 2 unspecified atom stereocenters. The molecule has 0 radical (unpaired) electrons. The summed E-state index contributed by atoms with van der Waals surface area (Å²) in [6.45, 7) is 3.68. The smallest absolute Gasteiger partial charge is 0.308 e. The van der Waals surface area contributed by atoms with Crippen LogP contribution < -0.4 is 9.64 Å². The van der Waals surface area contributed by atoms with Crippen molar-refractivity contribution in [3.05, 3.63) is 39.0 Å². The molecular formula is C28H29IN4O4. The van der Waals surface area contributed by atoms with Crippen molar-refractivity contribution in [3.8, 4) is 17.7 Å². The van der Waals surface area contributed by atoms with Crippen molar-refractivity contribution in [2.24, 2.45) is 13.0 Å². The number of aliphatic carboxylic acids is 1. The highest BCUT2D eigenvalue weighted by Gasteiger charge is 2.32. The Balaban J connectivity index is 1.58. The molecule has 1 amide bonds. The largest absolute Gasteiger partial charge is 0.481 e. The molecule has 2 aliphatic rings. The first-order chi connectivity index (χ1) is 17.8. The predicted octanol–water partition coefficient (Wildman–Crippen LogP) is 5.47. The average molecular weight is 612 g/mol. The number of carbonyl (C=O) groups is 2. The second kappa shape index (κ2) is 10.3. The highest BCUT2D eigenvalue weighted by molar-refractivity contribution is 14.1. The molecule has 2 saturated carbocycles. The summed E-state index contributed by atoms with van der Waals surface area (Å²) in [5, 5.41) is 14.0. The second-order valence-corrected chi connectivity index (χ2v) is 11.0. The van der Waals surface area contributed by atoms with Crippen LogP contribution in [0.4, 0.5) is 11.5 Å². The van der Waals surface area contributed by atoms with Gasteiger partial charge in [0.2, 0.25) is 0 Å². The van der Waals surface area contributed by atoms with Gasteiger partial charge in [0.1, 0.15) is 11.9 Å². The van der Waals surface area contributed by atoms with Crippen LogP contribution in [-0.4, -0.2) is 37.9 Å². The molecule has 8 nitrogen and oxygen atoms in total. The fourth-order valence-corrected chi connectivity index (χ4v) is 5.52. The van der Waals surface area contributed by atoms with Crippen molar-refractivity contribution in [1.82, 2.24) is 14.8 Å². The van der Waals surface area contributed by atoms with Gasteiger partial charge in [-0.3, -0.25) is 19.2 Å². The van der Waals surface area contributed by atoms with E-state index in [0.717, 1.165) is 51.6 Å². The first kappa shape index (κ1) is 25.5. The number of nitrogens with zero attached hydrogens (tertiary/aromatic N) is 4. The Bertz CT molecular complexity index is 1450. The summed E-state index contributed by atoms with van der Waals surface area (Å²) in [6, 6.07) is 7.91. The molecule has 9 heteroatoms. The molecule has 37 heavy (non-hydrogen) atoms. The van der Waals surface area contributed by atoms with Gasteiger partial charge in [-0.25, -0.2) is 4.98 Å². The molecule has 5 rings (SSSR count). The SMILES string of the molecule is CC#CC(=O)N(c1ccc2c(n1)c(OC1CCCC(C(=O)O)C1)nn2C)c1cc(C)c(I)cc1C1CC1. The Hall–Kier alpha value is -3.13. The minimum absolute atomic E-state index is 0.248. The molecule has 1 aromatic carbocycles. The van der Waals surface area contributed by atoms with E-state index in [2.05, 4.69) is 45.6 Å². The van der Waals surface area contributed by atoms with Crippen molar-refractivity contribution < 1.29 is 19.4 Å². The number of amides is 1. The van der Waals surface area contributed by atoms with Crippen LogP contribution in [0.2, 0.25) is 0 Å². The molecule has 0 bridgehead atoms. The molecule has 0 saturated heterocycles. The molecule has 2 aliphatic carbocycles. The number of carboxylic acid groups (broad SMARTS) is 1. The maximum Gasteiger partial charge on any atom is 0.308 e. The molecule has 2 fully saturated rings. The minimum atomic E-state index is -0.787. The van der Waals surface area contributed by atoms with Gasteiger partial charge in [-0.15, -0.1) is 5.10 Å². The second-order valence-electron chi connectivity index (χ2n) is 9.86. The maximum atomic E-state index is 13.4. The van der Waals surface area contributed by atoms with Crippen LogP contribution in [-0.2, 0) is 16.6 Å². The number of aromatic nitrogens is 3. The summed E-state index contributed by atoms with van der Waals surface area (Å²) in [7, 11) is 1.82. The van der Waals surface area contributed by atoms with Crippen LogP contribution in [0, 0.1) is 28.3 Å². The lowest BCUT2D eigenvalue weighted by Crippen LogP contribution is -2.29. The first-order valence-corrected chi connectivity index (χ1v) is 13.6. The molecule has 0 spiro atoms. The Labute approximate surface area is 229 Å². The van der Waals surface area contributed by atoms with Crippen LogP contribution in [0.15, 0.2) is 24.3 Å². The third-order valence-electron chi connectivity index (χ3n) is 7.14. The summed E-state index contributed by atoms with van der Waals surface area (Å²) in [5.74, 6) is 5.11. The van der Waals surface area contributed by atoms with Crippen molar-refractivity contribution in [3.63, 3.8) is 0 Å². The zero-order chi connectivity index (χ0) is 26.3.